The normalized spacial score (nSPS) is 9.83. The van der Waals surface area contributed by atoms with Crippen LogP contribution in [-0.4, -0.2) is 44.7 Å². The highest BCUT2D eigenvalue weighted by Gasteiger charge is 2.11. The van der Waals surface area contributed by atoms with Crippen molar-refractivity contribution in [3.8, 4) is 11.8 Å². The van der Waals surface area contributed by atoms with Crippen molar-refractivity contribution in [1.29, 1.82) is 5.26 Å². The lowest BCUT2D eigenvalue weighted by Gasteiger charge is -2.09. The van der Waals surface area contributed by atoms with E-state index in [0.29, 0.717) is 11.4 Å². The summed E-state index contributed by atoms with van der Waals surface area (Å²) in [6.07, 6.45) is 2.93. The fourth-order valence-corrected chi connectivity index (χ4v) is 1.35. The van der Waals surface area contributed by atoms with E-state index in [1.54, 1.807) is 26.2 Å². The SMILES string of the molecule is CN(C)C(=O)c1cc(-n2cnc(C#N)n2)ccn1. The minimum atomic E-state index is -0.197. The Morgan fingerprint density at radius 2 is 2.22 bits per heavy atom. The van der Waals surface area contributed by atoms with Gasteiger partial charge in [0.1, 0.15) is 18.1 Å². The van der Waals surface area contributed by atoms with Crippen LogP contribution in [0.2, 0.25) is 0 Å². The molecule has 0 aliphatic rings. The van der Waals surface area contributed by atoms with Crippen molar-refractivity contribution in [2.24, 2.45) is 0 Å². The van der Waals surface area contributed by atoms with Crippen LogP contribution in [0.3, 0.4) is 0 Å². The molecule has 7 nitrogen and oxygen atoms in total. The van der Waals surface area contributed by atoms with Crippen LogP contribution in [0, 0.1) is 11.3 Å². The van der Waals surface area contributed by atoms with Crippen molar-refractivity contribution in [2.75, 3.05) is 14.1 Å². The molecular weight excluding hydrogens is 232 g/mol. The van der Waals surface area contributed by atoms with Crippen molar-refractivity contribution in [3.63, 3.8) is 0 Å². The topological polar surface area (TPSA) is 87.7 Å². The number of nitrogens with zero attached hydrogens (tertiary/aromatic N) is 6. The van der Waals surface area contributed by atoms with Crippen LogP contribution in [0.5, 0.6) is 0 Å². The number of hydrogen-bond donors (Lipinski definition) is 0. The van der Waals surface area contributed by atoms with E-state index < -0.39 is 0 Å². The molecular formula is C11H10N6O. The fourth-order valence-electron chi connectivity index (χ4n) is 1.35. The third kappa shape index (κ3) is 2.17. The lowest BCUT2D eigenvalue weighted by atomic mass is 10.3. The zero-order chi connectivity index (χ0) is 13.1. The largest absolute Gasteiger partial charge is 0.343 e. The second kappa shape index (κ2) is 4.63. The van der Waals surface area contributed by atoms with Crippen LogP contribution < -0.4 is 0 Å². The van der Waals surface area contributed by atoms with Crippen LogP contribution in [0.4, 0.5) is 0 Å². The van der Waals surface area contributed by atoms with Gasteiger partial charge >= 0.3 is 0 Å². The Morgan fingerprint density at radius 1 is 1.44 bits per heavy atom. The smallest absolute Gasteiger partial charge is 0.272 e. The minimum absolute atomic E-state index is 0.0762. The Hall–Kier alpha value is -2.75. The van der Waals surface area contributed by atoms with Crippen LogP contribution >= 0.6 is 0 Å². The maximum atomic E-state index is 11.8. The Morgan fingerprint density at radius 3 is 2.83 bits per heavy atom. The average molecular weight is 242 g/mol. The van der Waals surface area contributed by atoms with E-state index in [9.17, 15) is 4.79 Å². The molecule has 0 unspecified atom stereocenters. The average Bonchev–Trinajstić information content (AvgIpc) is 2.86. The number of hydrogen-bond acceptors (Lipinski definition) is 5. The highest BCUT2D eigenvalue weighted by atomic mass is 16.2. The summed E-state index contributed by atoms with van der Waals surface area (Å²) in [5.74, 6) is -0.121. The Bertz CT molecular complexity index is 624. The number of carbonyl (C=O) groups excluding carboxylic acids is 1. The molecule has 90 valence electrons. The molecule has 0 atom stereocenters. The second-order valence-electron chi connectivity index (χ2n) is 3.72. The van der Waals surface area contributed by atoms with Crippen LogP contribution in [-0.2, 0) is 0 Å². The van der Waals surface area contributed by atoms with Gasteiger partial charge < -0.3 is 4.90 Å². The molecule has 0 N–H and O–H groups in total. The fraction of sp³-hybridized carbons (Fsp3) is 0.182. The maximum Gasteiger partial charge on any atom is 0.272 e. The molecule has 0 aliphatic carbocycles. The van der Waals surface area contributed by atoms with Gasteiger partial charge in [-0.15, -0.1) is 5.10 Å². The molecule has 2 aromatic heterocycles. The molecule has 1 amide bonds. The van der Waals surface area contributed by atoms with Gasteiger partial charge in [-0.3, -0.25) is 9.78 Å². The van der Waals surface area contributed by atoms with Crippen molar-refractivity contribution in [3.05, 3.63) is 36.2 Å². The highest BCUT2D eigenvalue weighted by Crippen LogP contribution is 2.08. The van der Waals surface area contributed by atoms with E-state index in [4.69, 9.17) is 5.26 Å². The van der Waals surface area contributed by atoms with Crippen LogP contribution in [0.25, 0.3) is 5.69 Å². The van der Waals surface area contributed by atoms with Crippen LogP contribution in [0.1, 0.15) is 16.3 Å². The van der Waals surface area contributed by atoms with Gasteiger partial charge in [-0.1, -0.05) is 0 Å². The zero-order valence-electron chi connectivity index (χ0n) is 9.90. The summed E-state index contributed by atoms with van der Waals surface area (Å²) in [4.78, 5) is 21.0. The highest BCUT2D eigenvalue weighted by molar-refractivity contribution is 5.92. The first-order valence-electron chi connectivity index (χ1n) is 5.11. The predicted octanol–water partition coefficient (Wildman–Crippen LogP) is 0.236. The lowest BCUT2D eigenvalue weighted by Crippen LogP contribution is -2.22. The van der Waals surface area contributed by atoms with Crippen molar-refractivity contribution in [2.45, 2.75) is 0 Å². The quantitative estimate of drug-likeness (QED) is 0.752. The van der Waals surface area contributed by atoms with E-state index >= 15 is 0 Å². The lowest BCUT2D eigenvalue weighted by molar-refractivity contribution is 0.0822. The van der Waals surface area contributed by atoms with E-state index in [1.807, 2.05) is 6.07 Å². The van der Waals surface area contributed by atoms with Crippen molar-refractivity contribution >= 4 is 5.91 Å². The number of nitriles is 1. The number of aromatic nitrogens is 4. The number of carbonyl (C=O) groups is 1. The summed E-state index contributed by atoms with van der Waals surface area (Å²) in [5.41, 5.74) is 0.940. The molecule has 0 spiro atoms. The molecule has 0 bridgehead atoms. The molecule has 18 heavy (non-hydrogen) atoms. The zero-order valence-corrected chi connectivity index (χ0v) is 9.90. The van der Waals surface area contributed by atoms with Gasteiger partial charge in [0.25, 0.3) is 11.7 Å². The summed E-state index contributed by atoms with van der Waals surface area (Å²) in [5, 5.41) is 12.6. The third-order valence-corrected chi connectivity index (χ3v) is 2.23. The summed E-state index contributed by atoms with van der Waals surface area (Å²) in [6.45, 7) is 0. The van der Waals surface area contributed by atoms with Gasteiger partial charge in [-0.2, -0.15) is 5.26 Å². The minimum Gasteiger partial charge on any atom is -0.343 e. The first kappa shape index (κ1) is 11.7. The molecule has 0 aromatic carbocycles. The third-order valence-electron chi connectivity index (χ3n) is 2.23. The van der Waals surface area contributed by atoms with E-state index in [-0.39, 0.29) is 11.7 Å². The Kier molecular flexibility index (Phi) is 3.02. The summed E-state index contributed by atoms with van der Waals surface area (Å²) in [6, 6.07) is 5.12. The molecule has 2 aromatic rings. The van der Waals surface area contributed by atoms with Crippen molar-refractivity contribution < 1.29 is 4.79 Å². The maximum absolute atomic E-state index is 11.8. The van der Waals surface area contributed by atoms with Crippen LogP contribution in [0.15, 0.2) is 24.7 Å². The van der Waals surface area contributed by atoms with Gasteiger partial charge in [0.15, 0.2) is 0 Å². The molecule has 0 radical (unpaired) electrons. The van der Waals surface area contributed by atoms with Gasteiger partial charge in [-0.05, 0) is 12.1 Å². The second-order valence-corrected chi connectivity index (χ2v) is 3.72. The van der Waals surface area contributed by atoms with E-state index in [0.717, 1.165) is 0 Å². The first-order valence-corrected chi connectivity index (χ1v) is 5.11. The molecule has 0 aliphatic heterocycles. The molecule has 0 saturated heterocycles. The predicted molar refractivity (Wildman–Crippen MR) is 61.9 cm³/mol. The monoisotopic (exact) mass is 242 g/mol. The molecule has 2 rings (SSSR count). The number of amides is 1. The first-order chi connectivity index (χ1) is 8.61. The summed E-state index contributed by atoms with van der Waals surface area (Å²) < 4.78 is 1.42. The van der Waals surface area contributed by atoms with Gasteiger partial charge in [0.2, 0.25) is 0 Å². The van der Waals surface area contributed by atoms with E-state index in [1.165, 1.54) is 22.1 Å². The standard InChI is InChI=1S/C11H10N6O/c1-16(2)11(18)9-5-8(3-4-13-9)17-7-14-10(6-12)15-17/h3-5,7H,1-2H3. The van der Waals surface area contributed by atoms with Gasteiger partial charge in [0.05, 0.1) is 5.69 Å². The van der Waals surface area contributed by atoms with Crippen molar-refractivity contribution in [1.82, 2.24) is 24.6 Å². The Balaban J connectivity index is 2.39. The Labute approximate surface area is 103 Å². The summed E-state index contributed by atoms with van der Waals surface area (Å²) >= 11 is 0. The molecule has 0 saturated carbocycles. The number of pyridine rings is 1. The van der Waals surface area contributed by atoms with E-state index in [2.05, 4.69) is 15.1 Å². The molecule has 7 heteroatoms. The summed E-state index contributed by atoms with van der Waals surface area (Å²) in [7, 11) is 3.31. The van der Waals surface area contributed by atoms with Gasteiger partial charge in [-0.25, -0.2) is 9.67 Å². The molecule has 0 fully saturated rings. The number of rotatable bonds is 2. The van der Waals surface area contributed by atoms with Gasteiger partial charge in [0, 0.05) is 20.3 Å². The molecule has 2 heterocycles.